The minimum atomic E-state index is -0.454. The summed E-state index contributed by atoms with van der Waals surface area (Å²) in [6, 6.07) is 20.2. The molecular weight excluding hydrogens is 384 g/mol. The summed E-state index contributed by atoms with van der Waals surface area (Å²) < 4.78 is 6.32. The van der Waals surface area contributed by atoms with Crippen LogP contribution in [-0.4, -0.2) is 18.4 Å². The lowest BCUT2D eigenvalue weighted by Crippen LogP contribution is -2.43. The van der Waals surface area contributed by atoms with E-state index < -0.39 is 5.91 Å². The maximum absolute atomic E-state index is 11.9. The average molecular weight is 399 g/mol. The number of hydrazine groups is 1. The highest BCUT2D eigenvalue weighted by molar-refractivity contribution is 9.10. The van der Waals surface area contributed by atoms with Crippen LogP contribution in [0, 0.1) is 0 Å². The molecule has 5 nitrogen and oxygen atoms in total. The number of benzene rings is 3. The van der Waals surface area contributed by atoms with Crippen LogP contribution < -0.4 is 15.6 Å². The van der Waals surface area contributed by atoms with E-state index in [0.29, 0.717) is 11.3 Å². The van der Waals surface area contributed by atoms with E-state index in [1.54, 1.807) is 30.3 Å². The molecule has 0 aliphatic rings. The standard InChI is InChI=1S/C19H15BrN2O3/c20-18-15-9-5-4-6-13(15)10-11-16(18)25-12-17(23)21-22-19(24)14-7-2-1-3-8-14/h1-11H,12H2,(H,21,23)(H,22,24). The van der Waals surface area contributed by atoms with Crippen molar-refractivity contribution in [2.24, 2.45) is 0 Å². The lowest BCUT2D eigenvalue weighted by Gasteiger charge is -2.11. The van der Waals surface area contributed by atoms with Gasteiger partial charge in [-0.1, -0.05) is 48.5 Å². The highest BCUT2D eigenvalue weighted by atomic mass is 79.9. The fourth-order valence-corrected chi connectivity index (χ4v) is 2.90. The largest absolute Gasteiger partial charge is 0.483 e. The van der Waals surface area contributed by atoms with E-state index in [0.717, 1.165) is 15.2 Å². The number of nitrogens with one attached hydrogen (secondary N) is 2. The summed E-state index contributed by atoms with van der Waals surface area (Å²) >= 11 is 3.50. The molecule has 6 heteroatoms. The van der Waals surface area contributed by atoms with Gasteiger partial charge in [0.1, 0.15) is 5.75 Å². The van der Waals surface area contributed by atoms with Gasteiger partial charge in [-0.15, -0.1) is 0 Å². The van der Waals surface area contributed by atoms with E-state index in [2.05, 4.69) is 26.8 Å². The Labute approximate surface area is 153 Å². The van der Waals surface area contributed by atoms with Crippen LogP contribution in [0.15, 0.2) is 71.2 Å². The first kappa shape index (κ1) is 17.0. The maximum Gasteiger partial charge on any atom is 0.276 e. The molecule has 2 amide bonds. The quantitative estimate of drug-likeness (QED) is 0.661. The normalized spacial score (nSPS) is 10.3. The van der Waals surface area contributed by atoms with Gasteiger partial charge in [-0.25, -0.2) is 0 Å². The molecule has 0 aromatic heterocycles. The van der Waals surface area contributed by atoms with Gasteiger partial charge in [0.15, 0.2) is 6.61 Å². The van der Waals surface area contributed by atoms with Gasteiger partial charge in [0.25, 0.3) is 11.8 Å². The molecule has 2 N–H and O–H groups in total. The van der Waals surface area contributed by atoms with E-state index in [-0.39, 0.29) is 12.5 Å². The third-order valence-corrected chi connectivity index (χ3v) is 4.36. The van der Waals surface area contributed by atoms with Gasteiger partial charge in [0.05, 0.1) is 4.47 Å². The van der Waals surface area contributed by atoms with E-state index >= 15 is 0 Å². The van der Waals surface area contributed by atoms with Crippen LogP contribution in [0.2, 0.25) is 0 Å². The van der Waals surface area contributed by atoms with Crippen molar-refractivity contribution in [1.29, 1.82) is 0 Å². The van der Waals surface area contributed by atoms with Crippen LogP contribution >= 0.6 is 15.9 Å². The average Bonchev–Trinajstić information content (AvgIpc) is 2.66. The fraction of sp³-hybridized carbons (Fsp3) is 0.0526. The SMILES string of the molecule is O=C(COc1ccc2ccccc2c1Br)NNC(=O)c1ccccc1. The summed E-state index contributed by atoms with van der Waals surface area (Å²) in [5.41, 5.74) is 5.14. The molecule has 0 radical (unpaired) electrons. The second kappa shape index (κ2) is 7.81. The van der Waals surface area contributed by atoms with E-state index in [4.69, 9.17) is 4.74 Å². The molecule has 0 unspecified atom stereocenters. The summed E-state index contributed by atoms with van der Waals surface area (Å²) in [6.07, 6.45) is 0. The van der Waals surface area contributed by atoms with Crippen LogP contribution in [0.3, 0.4) is 0 Å². The summed E-state index contributed by atoms with van der Waals surface area (Å²) in [5.74, 6) is -0.284. The second-order valence-electron chi connectivity index (χ2n) is 5.26. The molecule has 126 valence electrons. The third-order valence-electron chi connectivity index (χ3n) is 3.54. The lowest BCUT2D eigenvalue weighted by atomic mass is 10.1. The molecule has 0 saturated carbocycles. The number of hydrogen-bond acceptors (Lipinski definition) is 3. The minimum absolute atomic E-state index is 0.216. The van der Waals surface area contributed by atoms with Gasteiger partial charge < -0.3 is 4.74 Å². The molecule has 0 fully saturated rings. The van der Waals surface area contributed by atoms with Crippen LogP contribution in [0.4, 0.5) is 0 Å². The molecule has 0 saturated heterocycles. The van der Waals surface area contributed by atoms with Gasteiger partial charge in [-0.05, 0) is 44.9 Å². The molecule has 0 spiro atoms. The van der Waals surface area contributed by atoms with Crippen LogP contribution in [-0.2, 0) is 4.79 Å². The number of fused-ring (bicyclic) bond motifs is 1. The highest BCUT2D eigenvalue weighted by Gasteiger charge is 2.10. The third kappa shape index (κ3) is 4.16. The first-order valence-corrected chi connectivity index (χ1v) is 8.39. The van der Waals surface area contributed by atoms with Gasteiger partial charge >= 0.3 is 0 Å². The Balaban J connectivity index is 1.56. The first-order chi connectivity index (χ1) is 12.1. The number of halogens is 1. The number of carbonyl (C=O) groups is 2. The minimum Gasteiger partial charge on any atom is -0.483 e. The number of hydrogen-bond donors (Lipinski definition) is 2. The zero-order valence-corrected chi connectivity index (χ0v) is 14.7. The Hall–Kier alpha value is -2.86. The maximum atomic E-state index is 11.9. The van der Waals surface area contributed by atoms with Crippen molar-refractivity contribution in [3.63, 3.8) is 0 Å². The van der Waals surface area contributed by atoms with Crippen molar-refractivity contribution in [3.05, 3.63) is 76.8 Å². The van der Waals surface area contributed by atoms with E-state index in [1.807, 2.05) is 36.4 Å². The van der Waals surface area contributed by atoms with Gasteiger partial charge in [-0.3, -0.25) is 20.4 Å². The van der Waals surface area contributed by atoms with Gasteiger partial charge in [0, 0.05) is 5.56 Å². The zero-order valence-electron chi connectivity index (χ0n) is 13.2. The van der Waals surface area contributed by atoms with Crippen LogP contribution in [0.25, 0.3) is 10.8 Å². The smallest absolute Gasteiger partial charge is 0.276 e. The summed E-state index contributed by atoms with van der Waals surface area (Å²) in [7, 11) is 0. The van der Waals surface area contributed by atoms with Gasteiger partial charge in [0.2, 0.25) is 0 Å². The number of carbonyl (C=O) groups excluding carboxylic acids is 2. The number of rotatable bonds is 4. The van der Waals surface area contributed by atoms with Crippen molar-refractivity contribution < 1.29 is 14.3 Å². The van der Waals surface area contributed by atoms with Crippen molar-refractivity contribution >= 4 is 38.5 Å². The van der Waals surface area contributed by atoms with Crippen molar-refractivity contribution in [1.82, 2.24) is 10.9 Å². The van der Waals surface area contributed by atoms with Crippen molar-refractivity contribution in [3.8, 4) is 5.75 Å². The van der Waals surface area contributed by atoms with Gasteiger partial charge in [-0.2, -0.15) is 0 Å². The summed E-state index contributed by atoms with van der Waals surface area (Å²) in [4.78, 5) is 23.7. The first-order valence-electron chi connectivity index (χ1n) is 7.59. The van der Waals surface area contributed by atoms with E-state index in [9.17, 15) is 9.59 Å². The predicted molar refractivity (Wildman–Crippen MR) is 99.2 cm³/mol. The Morgan fingerprint density at radius 3 is 2.40 bits per heavy atom. The number of ether oxygens (including phenoxy) is 1. The molecular formula is C19H15BrN2O3. The molecule has 0 bridgehead atoms. The van der Waals surface area contributed by atoms with Crippen LogP contribution in [0.1, 0.15) is 10.4 Å². The molecule has 0 atom stereocenters. The molecule has 3 rings (SSSR count). The predicted octanol–water partition coefficient (Wildman–Crippen LogP) is 3.44. The molecule has 0 aliphatic heterocycles. The van der Waals surface area contributed by atoms with E-state index in [1.165, 1.54) is 0 Å². The van der Waals surface area contributed by atoms with Crippen molar-refractivity contribution in [2.45, 2.75) is 0 Å². The molecule has 0 aliphatic carbocycles. The number of amides is 2. The monoisotopic (exact) mass is 398 g/mol. The highest BCUT2D eigenvalue weighted by Crippen LogP contribution is 2.32. The summed E-state index contributed by atoms with van der Waals surface area (Å²) in [6.45, 7) is -0.216. The zero-order chi connectivity index (χ0) is 17.6. The molecule has 0 heterocycles. The second-order valence-corrected chi connectivity index (χ2v) is 6.05. The Morgan fingerprint density at radius 2 is 1.60 bits per heavy atom. The molecule has 25 heavy (non-hydrogen) atoms. The van der Waals surface area contributed by atoms with Crippen molar-refractivity contribution in [2.75, 3.05) is 6.61 Å². The van der Waals surface area contributed by atoms with Crippen LogP contribution in [0.5, 0.6) is 5.75 Å². The molecule has 3 aromatic rings. The lowest BCUT2D eigenvalue weighted by molar-refractivity contribution is -0.123. The Bertz CT molecular complexity index is 913. The Kier molecular flexibility index (Phi) is 5.30. The topological polar surface area (TPSA) is 67.4 Å². The summed E-state index contributed by atoms with van der Waals surface area (Å²) in [5, 5.41) is 2.07. The Morgan fingerprint density at radius 1 is 0.880 bits per heavy atom. The molecule has 3 aromatic carbocycles. The fourth-order valence-electron chi connectivity index (χ4n) is 2.29.